The number of carbonyl (C=O) groups is 1. The van der Waals surface area contributed by atoms with Crippen LogP contribution in [-0.4, -0.2) is 26.9 Å². The number of aryl methyl sites for hydroxylation is 1. The molecule has 0 radical (unpaired) electrons. The Bertz CT molecular complexity index is 1130. The summed E-state index contributed by atoms with van der Waals surface area (Å²) < 4.78 is 14.5. The van der Waals surface area contributed by atoms with Crippen LogP contribution in [0.5, 0.6) is 0 Å². The first kappa shape index (κ1) is 21.3. The van der Waals surface area contributed by atoms with Crippen molar-refractivity contribution >= 4 is 64.2 Å². The molecule has 3 N–H and O–H groups in total. The fourth-order valence-corrected chi connectivity index (χ4v) is 3.22. The molecule has 0 saturated heterocycles. The number of hydrazone groups is 1. The summed E-state index contributed by atoms with van der Waals surface area (Å²) in [7, 11) is 0. The Kier molecular flexibility index (Phi) is 6.28. The third-order valence-electron chi connectivity index (χ3n) is 3.77. The lowest BCUT2D eigenvalue weighted by Crippen LogP contribution is -2.20. The SMILES string of the molecule is Cc1nn(-c2ccc(F)cc2)c(Cl)c1/C=N/NC(=O)c1nc(Cl)c(Cl)c(N)c1Cl. The molecule has 29 heavy (non-hydrogen) atoms. The highest BCUT2D eigenvalue weighted by Crippen LogP contribution is 2.34. The lowest BCUT2D eigenvalue weighted by Gasteiger charge is -2.07. The standard InChI is InChI=1S/C17H11Cl4FN6O/c1-7-10(16(21)28(27-7)9-4-2-8(22)3-5-9)6-24-26-17(29)14-11(18)13(23)12(19)15(20)25-14/h2-6H,1H3,(H2,23,25)(H,26,29)/b24-6+. The van der Waals surface area contributed by atoms with Gasteiger partial charge < -0.3 is 5.73 Å². The van der Waals surface area contributed by atoms with Gasteiger partial charge in [0.15, 0.2) is 10.8 Å². The van der Waals surface area contributed by atoms with Crippen LogP contribution in [0.25, 0.3) is 5.69 Å². The molecule has 0 spiro atoms. The van der Waals surface area contributed by atoms with Crippen LogP contribution < -0.4 is 11.2 Å². The number of nitrogens with zero attached hydrogens (tertiary/aromatic N) is 4. The van der Waals surface area contributed by atoms with Gasteiger partial charge in [0.25, 0.3) is 5.91 Å². The van der Waals surface area contributed by atoms with Crippen molar-refractivity contribution in [1.82, 2.24) is 20.2 Å². The second-order valence-corrected chi connectivity index (χ2v) is 7.14. The number of hydrogen-bond acceptors (Lipinski definition) is 5. The van der Waals surface area contributed by atoms with Crippen molar-refractivity contribution in [3.8, 4) is 5.69 Å². The fraction of sp³-hybridized carbons (Fsp3) is 0.0588. The highest BCUT2D eigenvalue weighted by atomic mass is 35.5. The number of aromatic nitrogens is 3. The van der Waals surface area contributed by atoms with E-state index in [2.05, 4.69) is 20.6 Å². The van der Waals surface area contributed by atoms with Gasteiger partial charge in [0.1, 0.15) is 16.0 Å². The molecule has 150 valence electrons. The number of rotatable bonds is 4. The molecule has 1 amide bonds. The summed E-state index contributed by atoms with van der Waals surface area (Å²) in [6, 6.07) is 5.63. The number of amides is 1. The fourth-order valence-electron chi connectivity index (χ4n) is 2.30. The molecule has 12 heteroatoms. The van der Waals surface area contributed by atoms with Gasteiger partial charge in [-0.05, 0) is 31.2 Å². The third-order valence-corrected chi connectivity index (χ3v) is 5.27. The van der Waals surface area contributed by atoms with Gasteiger partial charge in [0, 0.05) is 0 Å². The highest BCUT2D eigenvalue weighted by Gasteiger charge is 2.19. The average Bonchev–Trinajstić information content (AvgIpc) is 2.97. The van der Waals surface area contributed by atoms with Crippen molar-refractivity contribution in [2.24, 2.45) is 5.10 Å². The van der Waals surface area contributed by atoms with Crippen LogP contribution in [0.15, 0.2) is 29.4 Å². The predicted octanol–water partition coefficient (Wildman–Crippen LogP) is 4.67. The smallest absolute Gasteiger partial charge is 0.291 e. The molecule has 2 heterocycles. The molecule has 0 aliphatic heterocycles. The molecule has 1 aromatic carbocycles. The predicted molar refractivity (Wildman–Crippen MR) is 112 cm³/mol. The van der Waals surface area contributed by atoms with E-state index in [-0.39, 0.29) is 37.6 Å². The van der Waals surface area contributed by atoms with Gasteiger partial charge in [0.2, 0.25) is 0 Å². The van der Waals surface area contributed by atoms with E-state index in [1.807, 2.05) is 0 Å². The van der Waals surface area contributed by atoms with Crippen LogP contribution >= 0.6 is 46.4 Å². The molecular formula is C17H11Cl4FN6O. The Morgan fingerprint density at radius 1 is 1.21 bits per heavy atom. The average molecular weight is 476 g/mol. The molecule has 7 nitrogen and oxygen atoms in total. The van der Waals surface area contributed by atoms with Crippen LogP contribution in [-0.2, 0) is 0 Å². The lowest BCUT2D eigenvalue weighted by molar-refractivity contribution is 0.0950. The first-order valence-corrected chi connectivity index (χ1v) is 9.36. The summed E-state index contributed by atoms with van der Waals surface area (Å²) in [5.41, 5.74) is 9.18. The van der Waals surface area contributed by atoms with Crippen molar-refractivity contribution in [2.75, 3.05) is 5.73 Å². The van der Waals surface area contributed by atoms with Gasteiger partial charge in [-0.3, -0.25) is 4.79 Å². The molecule has 0 atom stereocenters. The molecule has 3 rings (SSSR count). The van der Waals surface area contributed by atoms with Gasteiger partial charge in [-0.2, -0.15) is 10.2 Å². The number of halogens is 5. The topological polar surface area (TPSA) is 98.2 Å². The zero-order valence-electron chi connectivity index (χ0n) is 14.6. The van der Waals surface area contributed by atoms with Crippen LogP contribution in [0.1, 0.15) is 21.7 Å². The second kappa shape index (κ2) is 8.54. The molecule has 0 aliphatic rings. The number of benzene rings is 1. The van der Waals surface area contributed by atoms with Crippen molar-refractivity contribution in [2.45, 2.75) is 6.92 Å². The summed E-state index contributed by atoms with van der Waals surface area (Å²) >= 11 is 24.0. The highest BCUT2D eigenvalue weighted by molar-refractivity contribution is 6.46. The van der Waals surface area contributed by atoms with Gasteiger partial charge in [0.05, 0.1) is 33.9 Å². The van der Waals surface area contributed by atoms with Gasteiger partial charge in [-0.25, -0.2) is 19.5 Å². The molecule has 0 bridgehead atoms. The summed E-state index contributed by atoms with van der Waals surface area (Å²) in [5, 5.41) is 8.00. The monoisotopic (exact) mass is 474 g/mol. The zero-order chi connectivity index (χ0) is 21.3. The molecule has 0 saturated carbocycles. The molecule has 3 aromatic rings. The van der Waals surface area contributed by atoms with Crippen LogP contribution in [0, 0.1) is 12.7 Å². The minimum Gasteiger partial charge on any atom is -0.396 e. The number of carbonyl (C=O) groups excluding carboxylic acids is 1. The number of nitrogens with two attached hydrogens (primary N) is 1. The Morgan fingerprint density at radius 3 is 2.52 bits per heavy atom. The van der Waals surface area contributed by atoms with Crippen molar-refractivity contribution < 1.29 is 9.18 Å². The Hall–Kier alpha value is -2.39. The lowest BCUT2D eigenvalue weighted by atomic mass is 10.3. The van der Waals surface area contributed by atoms with E-state index in [0.717, 1.165) is 0 Å². The Balaban J connectivity index is 1.83. The van der Waals surface area contributed by atoms with Crippen LogP contribution in [0.2, 0.25) is 20.4 Å². The third kappa shape index (κ3) is 4.30. The normalized spacial score (nSPS) is 11.2. The maximum atomic E-state index is 13.1. The minimum absolute atomic E-state index is 0.0488. The van der Waals surface area contributed by atoms with Gasteiger partial charge in [-0.1, -0.05) is 46.4 Å². The zero-order valence-corrected chi connectivity index (χ0v) is 17.6. The quantitative estimate of drug-likeness (QED) is 0.325. The largest absolute Gasteiger partial charge is 0.396 e. The number of nitrogen functional groups attached to an aromatic ring is 1. The van der Waals surface area contributed by atoms with E-state index in [4.69, 9.17) is 52.1 Å². The van der Waals surface area contributed by atoms with Crippen LogP contribution in [0.3, 0.4) is 0 Å². The second-order valence-electron chi connectivity index (χ2n) is 5.67. The number of pyridine rings is 1. The number of nitrogens with one attached hydrogen (secondary N) is 1. The molecule has 0 fully saturated rings. The Morgan fingerprint density at radius 2 is 1.86 bits per heavy atom. The maximum Gasteiger partial charge on any atom is 0.291 e. The summed E-state index contributed by atoms with van der Waals surface area (Å²) in [5.74, 6) is -1.13. The van der Waals surface area contributed by atoms with E-state index in [9.17, 15) is 9.18 Å². The van der Waals surface area contributed by atoms with Gasteiger partial charge in [-0.15, -0.1) is 0 Å². The van der Waals surface area contributed by atoms with Crippen LogP contribution in [0.4, 0.5) is 10.1 Å². The number of anilines is 1. The molecule has 2 aromatic heterocycles. The molecular weight excluding hydrogens is 465 g/mol. The van der Waals surface area contributed by atoms with Gasteiger partial charge >= 0.3 is 0 Å². The van der Waals surface area contributed by atoms with E-state index >= 15 is 0 Å². The van der Waals surface area contributed by atoms with Crippen molar-refractivity contribution in [3.63, 3.8) is 0 Å². The number of hydrogen-bond donors (Lipinski definition) is 2. The maximum absolute atomic E-state index is 13.1. The van der Waals surface area contributed by atoms with E-state index < -0.39 is 5.91 Å². The van der Waals surface area contributed by atoms with E-state index in [1.54, 1.807) is 6.92 Å². The molecule has 0 unspecified atom stereocenters. The van der Waals surface area contributed by atoms with E-state index in [1.165, 1.54) is 35.2 Å². The van der Waals surface area contributed by atoms with Crippen molar-refractivity contribution in [3.05, 3.63) is 67.4 Å². The first-order chi connectivity index (χ1) is 13.7. The first-order valence-electron chi connectivity index (χ1n) is 7.85. The summed E-state index contributed by atoms with van der Waals surface area (Å²) in [4.78, 5) is 16.1. The summed E-state index contributed by atoms with van der Waals surface area (Å²) in [6.07, 6.45) is 1.30. The van der Waals surface area contributed by atoms with E-state index in [0.29, 0.717) is 16.9 Å². The molecule has 0 aliphatic carbocycles. The Labute approximate surface area is 184 Å². The van der Waals surface area contributed by atoms with Crippen molar-refractivity contribution in [1.29, 1.82) is 0 Å². The minimum atomic E-state index is -0.754. The summed E-state index contributed by atoms with van der Waals surface area (Å²) in [6.45, 7) is 1.70.